The fraction of sp³-hybridized carbons (Fsp3) is 0. The van der Waals surface area contributed by atoms with Crippen LogP contribution in [-0.2, 0) is 0 Å². The van der Waals surface area contributed by atoms with E-state index in [1.54, 1.807) is 18.2 Å². The number of hydrogen-bond donors (Lipinski definition) is 0. The largest absolute Gasteiger partial charge is 0.456 e. The Bertz CT molecular complexity index is 946. The van der Waals surface area contributed by atoms with Crippen LogP contribution in [0.25, 0.3) is 21.9 Å². The first kappa shape index (κ1) is 13.2. The summed E-state index contributed by atoms with van der Waals surface area (Å²) in [5, 5.41) is 1.45. The summed E-state index contributed by atoms with van der Waals surface area (Å²) in [6.07, 6.45) is 1.54. The summed E-state index contributed by atoms with van der Waals surface area (Å²) in [4.78, 5) is 22.7. The second-order valence-electron chi connectivity index (χ2n) is 5.08. The summed E-state index contributed by atoms with van der Waals surface area (Å²) in [6, 6.07) is 12.9. The Morgan fingerprint density at radius 2 is 1.45 bits per heavy atom. The molecule has 3 aromatic carbocycles. The van der Waals surface area contributed by atoms with Crippen LogP contribution in [0.2, 0.25) is 0 Å². The predicted molar refractivity (Wildman–Crippen MR) is 87.9 cm³/mol. The number of carbonyl (C=O) groups is 2. The Kier molecular flexibility index (Phi) is 2.87. The van der Waals surface area contributed by atoms with Crippen molar-refractivity contribution in [1.82, 2.24) is 0 Å². The third-order valence-corrected chi connectivity index (χ3v) is 4.39. The summed E-state index contributed by atoms with van der Waals surface area (Å²) < 4.78 is 6.89. The number of aldehydes is 2. The van der Waals surface area contributed by atoms with Gasteiger partial charge in [-0.05, 0) is 35.9 Å². The maximum absolute atomic E-state index is 11.4. The fourth-order valence-corrected chi connectivity index (χ4v) is 3.31. The van der Waals surface area contributed by atoms with Gasteiger partial charge in [-0.15, -0.1) is 0 Å². The van der Waals surface area contributed by atoms with E-state index in [-0.39, 0.29) is 0 Å². The summed E-state index contributed by atoms with van der Waals surface area (Å²) in [6.45, 7) is 0. The van der Waals surface area contributed by atoms with Gasteiger partial charge in [0.05, 0.1) is 0 Å². The molecule has 0 saturated heterocycles. The van der Waals surface area contributed by atoms with Crippen molar-refractivity contribution in [2.24, 2.45) is 0 Å². The van der Waals surface area contributed by atoms with Crippen molar-refractivity contribution in [2.45, 2.75) is 0 Å². The van der Waals surface area contributed by atoms with Gasteiger partial charge >= 0.3 is 0 Å². The molecule has 1 heterocycles. The van der Waals surface area contributed by atoms with Crippen molar-refractivity contribution in [3.8, 4) is 22.6 Å². The summed E-state index contributed by atoms with van der Waals surface area (Å²) >= 11 is 3.47. The average Bonchev–Trinajstić information content (AvgIpc) is 2.55. The molecule has 1 aliphatic rings. The first-order valence-corrected chi connectivity index (χ1v) is 7.50. The standard InChI is InChI=1S/C18H9BrO3/c19-12-3-6-15-14(7-12)13-4-1-10(8-20)17-11(9-21)2-5-16(22-15)18(13)17/h1-9H. The molecule has 0 spiro atoms. The van der Waals surface area contributed by atoms with E-state index in [4.69, 9.17) is 4.74 Å². The Labute approximate surface area is 134 Å². The molecule has 0 aliphatic carbocycles. The molecule has 0 fully saturated rings. The van der Waals surface area contributed by atoms with Gasteiger partial charge in [0.25, 0.3) is 0 Å². The highest BCUT2D eigenvalue weighted by atomic mass is 79.9. The molecule has 0 N–H and O–H groups in total. The van der Waals surface area contributed by atoms with E-state index in [1.165, 1.54) is 0 Å². The quantitative estimate of drug-likeness (QED) is 0.476. The Balaban J connectivity index is 2.21. The van der Waals surface area contributed by atoms with E-state index in [1.807, 2.05) is 24.3 Å². The van der Waals surface area contributed by atoms with Crippen molar-refractivity contribution in [3.63, 3.8) is 0 Å². The van der Waals surface area contributed by atoms with E-state index in [2.05, 4.69) is 15.9 Å². The molecule has 4 heteroatoms. The summed E-state index contributed by atoms with van der Waals surface area (Å²) in [5.41, 5.74) is 2.88. The van der Waals surface area contributed by atoms with Gasteiger partial charge in [-0.2, -0.15) is 0 Å². The number of halogens is 1. The molecule has 4 rings (SSSR count). The van der Waals surface area contributed by atoms with Crippen LogP contribution in [0.1, 0.15) is 20.7 Å². The Morgan fingerprint density at radius 3 is 2.18 bits per heavy atom. The summed E-state index contributed by atoms with van der Waals surface area (Å²) in [5.74, 6) is 1.42. The average molecular weight is 353 g/mol. The van der Waals surface area contributed by atoms with Crippen LogP contribution in [0.3, 0.4) is 0 Å². The molecule has 22 heavy (non-hydrogen) atoms. The molecule has 0 aromatic heterocycles. The lowest BCUT2D eigenvalue weighted by Crippen LogP contribution is -2.00. The Morgan fingerprint density at radius 1 is 0.773 bits per heavy atom. The van der Waals surface area contributed by atoms with Crippen molar-refractivity contribution in [1.29, 1.82) is 0 Å². The lowest BCUT2D eigenvalue weighted by molar-refractivity contribution is 0.112. The van der Waals surface area contributed by atoms with Crippen molar-refractivity contribution < 1.29 is 14.3 Å². The number of hydrogen-bond acceptors (Lipinski definition) is 3. The van der Waals surface area contributed by atoms with E-state index in [0.29, 0.717) is 22.3 Å². The molecule has 0 bridgehead atoms. The number of carbonyl (C=O) groups excluding carboxylic acids is 2. The van der Waals surface area contributed by atoms with Crippen LogP contribution in [0, 0.1) is 0 Å². The molecule has 0 saturated carbocycles. The molecule has 106 valence electrons. The minimum atomic E-state index is 0.491. The number of benzene rings is 3. The van der Waals surface area contributed by atoms with E-state index >= 15 is 0 Å². The lowest BCUT2D eigenvalue weighted by atomic mass is 9.90. The molecule has 3 aromatic rings. The lowest BCUT2D eigenvalue weighted by Gasteiger charge is -2.22. The third kappa shape index (κ3) is 1.74. The van der Waals surface area contributed by atoms with Gasteiger partial charge in [0.2, 0.25) is 0 Å². The third-order valence-electron chi connectivity index (χ3n) is 3.89. The van der Waals surface area contributed by atoms with Crippen LogP contribution in [0.15, 0.2) is 46.9 Å². The zero-order valence-electron chi connectivity index (χ0n) is 11.3. The smallest absolute Gasteiger partial charge is 0.150 e. The molecule has 0 atom stereocenters. The van der Waals surface area contributed by atoms with Crippen molar-refractivity contribution in [3.05, 3.63) is 58.1 Å². The first-order valence-electron chi connectivity index (χ1n) is 6.71. The van der Waals surface area contributed by atoms with E-state index in [0.717, 1.165) is 39.3 Å². The normalized spacial score (nSPS) is 11.7. The van der Waals surface area contributed by atoms with Gasteiger partial charge in [-0.1, -0.05) is 28.1 Å². The van der Waals surface area contributed by atoms with Crippen LogP contribution >= 0.6 is 15.9 Å². The second-order valence-corrected chi connectivity index (χ2v) is 6.00. The second kappa shape index (κ2) is 4.78. The van der Waals surface area contributed by atoms with E-state index < -0.39 is 0 Å². The molecule has 0 radical (unpaired) electrons. The van der Waals surface area contributed by atoms with Crippen molar-refractivity contribution >= 4 is 39.3 Å². The topological polar surface area (TPSA) is 43.4 Å². The van der Waals surface area contributed by atoms with Gasteiger partial charge < -0.3 is 4.74 Å². The maximum atomic E-state index is 11.4. The van der Waals surface area contributed by atoms with Gasteiger partial charge in [-0.3, -0.25) is 9.59 Å². The minimum absolute atomic E-state index is 0.491. The zero-order valence-corrected chi connectivity index (χ0v) is 12.9. The monoisotopic (exact) mass is 352 g/mol. The molecule has 0 unspecified atom stereocenters. The first-order chi connectivity index (χ1) is 10.7. The van der Waals surface area contributed by atoms with Gasteiger partial charge in [0, 0.05) is 31.9 Å². The molecular formula is C18H9BrO3. The molecular weight excluding hydrogens is 344 g/mol. The van der Waals surface area contributed by atoms with Gasteiger partial charge in [0.15, 0.2) is 12.6 Å². The highest BCUT2D eigenvalue weighted by Gasteiger charge is 2.22. The van der Waals surface area contributed by atoms with Crippen LogP contribution < -0.4 is 4.74 Å². The van der Waals surface area contributed by atoms with Gasteiger partial charge in [-0.25, -0.2) is 0 Å². The molecule has 1 aliphatic heterocycles. The van der Waals surface area contributed by atoms with Crippen molar-refractivity contribution in [2.75, 3.05) is 0 Å². The predicted octanol–water partition coefficient (Wildman–Crippen LogP) is 5.00. The summed E-state index contributed by atoms with van der Waals surface area (Å²) in [7, 11) is 0. The molecule has 0 amide bonds. The fourth-order valence-electron chi connectivity index (χ4n) is 2.94. The van der Waals surface area contributed by atoms with E-state index in [9.17, 15) is 9.59 Å². The van der Waals surface area contributed by atoms with Crippen LogP contribution in [0.4, 0.5) is 0 Å². The highest BCUT2D eigenvalue weighted by Crippen LogP contribution is 2.48. The zero-order chi connectivity index (χ0) is 15.3. The number of rotatable bonds is 2. The number of ether oxygens (including phenoxy) is 1. The minimum Gasteiger partial charge on any atom is -0.456 e. The Hall–Kier alpha value is -2.46. The maximum Gasteiger partial charge on any atom is 0.150 e. The van der Waals surface area contributed by atoms with Gasteiger partial charge in [0.1, 0.15) is 11.5 Å². The molecule has 3 nitrogen and oxygen atoms in total. The number of fused-ring (bicyclic) bond motifs is 2. The highest BCUT2D eigenvalue weighted by molar-refractivity contribution is 9.10. The van der Waals surface area contributed by atoms with Crippen LogP contribution in [-0.4, -0.2) is 12.6 Å². The SMILES string of the molecule is O=Cc1ccc2c3c(ccc(C=O)c13)-c1cc(Br)ccc1O2. The van der Waals surface area contributed by atoms with Crippen LogP contribution in [0.5, 0.6) is 11.5 Å².